The number of carbonyl (C=O) groups excluding carboxylic acids is 1. The van der Waals surface area contributed by atoms with Crippen LogP contribution in [0.25, 0.3) is 0 Å². The van der Waals surface area contributed by atoms with E-state index in [1.54, 1.807) is 6.20 Å². The lowest BCUT2D eigenvalue weighted by atomic mass is 9.98. The van der Waals surface area contributed by atoms with Crippen molar-refractivity contribution in [2.45, 2.75) is 21.7 Å². The van der Waals surface area contributed by atoms with Crippen LogP contribution in [0, 0.1) is 0 Å². The molecule has 27 heavy (non-hydrogen) atoms. The molecule has 136 valence electrons. The first-order chi connectivity index (χ1) is 13.3. The summed E-state index contributed by atoms with van der Waals surface area (Å²) in [5.74, 6) is 1.50. The van der Waals surface area contributed by atoms with Gasteiger partial charge in [-0.25, -0.2) is 4.79 Å². The lowest BCUT2D eigenvalue weighted by Crippen LogP contribution is -2.05. The highest BCUT2D eigenvalue weighted by Gasteiger charge is 2.25. The van der Waals surface area contributed by atoms with Gasteiger partial charge in [-0.1, -0.05) is 30.3 Å². The number of thioether (sulfide) groups is 2. The van der Waals surface area contributed by atoms with Crippen molar-refractivity contribution in [1.29, 1.82) is 0 Å². The van der Waals surface area contributed by atoms with Crippen LogP contribution in [0.4, 0.5) is 0 Å². The van der Waals surface area contributed by atoms with E-state index in [2.05, 4.69) is 41.4 Å². The summed E-state index contributed by atoms with van der Waals surface area (Å²) in [6.45, 7) is 0. The Kier molecular flexibility index (Phi) is 5.50. The van der Waals surface area contributed by atoms with Crippen LogP contribution in [0.5, 0.6) is 0 Å². The highest BCUT2D eigenvalue weighted by molar-refractivity contribution is 7.99. The summed E-state index contributed by atoms with van der Waals surface area (Å²) < 4.78 is 4.93. The van der Waals surface area contributed by atoms with Crippen LogP contribution in [0.1, 0.15) is 37.9 Å². The molecule has 0 radical (unpaired) electrons. The van der Waals surface area contributed by atoms with Gasteiger partial charge < -0.3 is 4.74 Å². The van der Waals surface area contributed by atoms with Crippen LogP contribution < -0.4 is 0 Å². The van der Waals surface area contributed by atoms with Crippen molar-refractivity contribution in [3.05, 3.63) is 94.8 Å². The molecular weight excluding hydrogens is 374 g/mol. The third kappa shape index (κ3) is 3.89. The van der Waals surface area contributed by atoms with Crippen molar-refractivity contribution in [1.82, 2.24) is 4.98 Å². The Morgan fingerprint density at radius 3 is 2.89 bits per heavy atom. The predicted octanol–water partition coefficient (Wildman–Crippen LogP) is 5.50. The number of pyridine rings is 1. The monoisotopic (exact) mass is 393 g/mol. The molecule has 1 aromatic heterocycles. The minimum atomic E-state index is -0.295. The summed E-state index contributed by atoms with van der Waals surface area (Å²) >= 11 is 3.70. The number of methoxy groups -OCH3 is 1. The van der Waals surface area contributed by atoms with E-state index >= 15 is 0 Å². The molecule has 0 amide bonds. The van der Waals surface area contributed by atoms with Crippen molar-refractivity contribution in [3.63, 3.8) is 0 Å². The maximum Gasteiger partial charge on any atom is 0.337 e. The van der Waals surface area contributed by atoms with Crippen molar-refractivity contribution in [2.75, 3.05) is 7.11 Å². The summed E-state index contributed by atoms with van der Waals surface area (Å²) in [5.41, 5.74) is 5.65. The largest absolute Gasteiger partial charge is 0.465 e. The summed E-state index contributed by atoms with van der Waals surface area (Å²) in [6, 6.07) is 18.6. The molecule has 0 saturated carbocycles. The number of fused-ring (bicyclic) bond motifs is 2. The standard InChI is InChI=1S/C22H19NO2S2/c1-25-22(24)16-8-9-20-19(11-16)21(27-13-15-5-4-10-23-12-15)18-7-3-2-6-17(18)14-26-20/h2-12,21H,13-14H2,1H3. The second-order valence-corrected chi connectivity index (χ2v) is 8.39. The van der Waals surface area contributed by atoms with Gasteiger partial charge in [-0.15, -0.1) is 23.5 Å². The minimum Gasteiger partial charge on any atom is -0.465 e. The van der Waals surface area contributed by atoms with Crippen LogP contribution in [0.15, 0.2) is 71.9 Å². The van der Waals surface area contributed by atoms with E-state index in [9.17, 15) is 4.79 Å². The van der Waals surface area contributed by atoms with Gasteiger partial charge >= 0.3 is 5.97 Å². The molecule has 1 aliphatic heterocycles. The molecule has 0 spiro atoms. The van der Waals surface area contributed by atoms with Crippen molar-refractivity contribution >= 4 is 29.5 Å². The van der Waals surface area contributed by atoms with Gasteiger partial charge in [-0.3, -0.25) is 4.98 Å². The fourth-order valence-corrected chi connectivity index (χ4v) is 5.69. The fourth-order valence-electron chi connectivity index (χ4n) is 3.22. The second-order valence-electron chi connectivity index (χ2n) is 6.28. The van der Waals surface area contributed by atoms with Gasteiger partial charge in [0.05, 0.1) is 17.9 Å². The first-order valence-corrected chi connectivity index (χ1v) is 10.7. The molecule has 1 aliphatic rings. The number of rotatable bonds is 4. The van der Waals surface area contributed by atoms with Gasteiger partial charge in [0.1, 0.15) is 0 Å². The average molecular weight is 394 g/mol. The first kappa shape index (κ1) is 18.1. The number of nitrogens with zero attached hydrogens (tertiary/aromatic N) is 1. The third-order valence-corrected chi connectivity index (χ3v) is 7.05. The molecule has 0 bridgehead atoms. The molecule has 1 unspecified atom stereocenters. The van der Waals surface area contributed by atoms with Gasteiger partial charge in [0.2, 0.25) is 0 Å². The topological polar surface area (TPSA) is 39.2 Å². The van der Waals surface area contributed by atoms with Crippen molar-refractivity contribution in [2.24, 2.45) is 0 Å². The minimum absolute atomic E-state index is 0.163. The number of aromatic nitrogens is 1. The lowest BCUT2D eigenvalue weighted by molar-refractivity contribution is 0.0600. The van der Waals surface area contributed by atoms with Crippen molar-refractivity contribution < 1.29 is 9.53 Å². The van der Waals surface area contributed by atoms with Crippen LogP contribution >= 0.6 is 23.5 Å². The fraction of sp³-hybridized carbons (Fsp3) is 0.182. The molecule has 3 aromatic rings. The van der Waals surface area contributed by atoms with Crippen molar-refractivity contribution in [3.8, 4) is 0 Å². The van der Waals surface area contributed by atoms with Gasteiger partial charge in [0.15, 0.2) is 0 Å². The SMILES string of the molecule is COC(=O)c1ccc2c(c1)C(SCc1cccnc1)c1ccccc1CS2. The zero-order valence-corrected chi connectivity index (χ0v) is 16.6. The Morgan fingerprint density at radius 2 is 2.07 bits per heavy atom. The molecule has 3 nitrogen and oxygen atoms in total. The smallest absolute Gasteiger partial charge is 0.337 e. The van der Waals surface area contributed by atoms with E-state index in [1.807, 2.05) is 47.9 Å². The van der Waals surface area contributed by atoms with E-state index in [0.717, 1.165) is 11.5 Å². The van der Waals surface area contributed by atoms with E-state index in [1.165, 1.54) is 34.3 Å². The molecule has 0 aliphatic carbocycles. The Bertz CT molecular complexity index is 960. The van der Waals surface area contributed by atoms with E-state index in [-0.39, 0.29) is 11.2 Å². The molecule has 5 heteroatoms. The molecule has 0 fully saturated rings. The number of hydrogen-bond donors (Lipinski definition) is 0. The van der Waals surface area contributed by atoms with Crippen LogP contribution in [0.2, 0.25) is 0 Å². The van der Waals surface area contributed by atoms with Crippen LogP contribution in [-0.2, 0) is 16.2 Å². The number of hydrogen-bond acceptors (Lipinski definition) is 5. The molecule has 2 aromatic carbocycles. The highest BCUT2D eigenvalue weighted by atomic mass is 32.2. The van der Waals surface area contributed by atoms with E-state index in [4.69, 9.17) is 4.74 Å². The number of esters is 1. The summed E-state index contributed by atoms with van der Waals surface area (Å²) in [7, 11) is 1.42. The predicted molar refractivity (Wildman–Crippen MR) is 111 cm³/mol. The molecule has 2 heterocycles. The summed E-state index contributed by atoms with van der Waals surface area (Å²) in [5, 5.41) is 0.163. The third-order valence-electron chi connectivity index (χ3n) is 4.57. The van der Waals surface area contributed by atoms with Gasteiger partial charge in [0.25, 0.3) is 0 Å². The number of benzene rings is 2. The maximum absolute atomic E-state index is 12.1. The number of carbonyl (C=O) groups is 1. The van der Waals surface area contributed by atoms with E-state index in [0.29, 0.717) is 5.56 Å². The Balaban J connectivity index is 1.76. The lowest BCUT2D eigenvalue weighted by Gasteiger charge is -2.20. The van der Waals surface area contributed by atoms with Gasteiger partial charge in [-0.05, 0) is 46.5 Å². The second kappa shape index (κ2) is 8.19. The normalized spacial score (nSPS) is 15.4. The molecule has 0 N–H and O–H groups in total. The Morgan fingerprint density at radius 1 is 1.19 bits per heavy atom. The first-order valence-electron chi connectivity index (χ1n) is 8.69. The summed E-state index contributed by atoms with van der Waals surface area (Å²) in [4.78, 5) is 17.5. The Labute approximate surface area is 167 Å². The highest BCUT2D eigenvalue weighted by Crippen LogP contribution is 2.47. The molecular formula is C22H19NO2S2. The number of ether oxygens (including phenoxy) is 1. The molecule has 0 saturated heterocycles. The van der Waals surface area contributed by atoms with Gasteiger partial charge in [0, 0.05) is 28.8 Å². The van der Waals surface area contributed by atoms with Crippen LogP contribution in [-0.4, -0.2) is 18.1 Å². The van der Waals surface area contributed by atoms with Gasteiger partial charge in [-0.2, -0.15) is 0 Å². The van der Waals surface area contributed by atoms with Crippen LogP contribution in [0.3, 0.4) is 0 Å². The summed E-state index contributed by atoms with van der Waals surface area (Å²) in [6.07, 6.45) is 3.71. The molecule has 1 atom stereocenters. The average Bonchev–Trinajstić information content (AvgIpc) is 2.88. The van der Waals surface area contributed by atoms with E-state index < -0.39 is 0 Å². The quantitative estimate of drug-likeness (QED) is 0.548. The zero-order valence-electron chi connectivity index (χ0n) is 14.9. The molecule has 4 rings (SSSR count). The zero-order chi connectivity index (χ0) is 18.6. The Hall–Kier alpha value is -2.24. The maximum atomic E-state index is 12.1.